The predicted molar refractivity (Wildman–Crippen MR) is 75.8 cm³/mol. The van der Waals surface area contributed by atoms with Gasteiger partial charge in [-0.05, 0) is 37.5 Å². The summed E-state index contributed by atoms with van der Waals surface area (Å²) in [6.45, 7) is 0. The fraction of sp³-hybridized carbons (Fsp3) is 0.462. The van der Waals surface area contributed by atoms with Crippen molar-refractivity contribution in [1.82, 2.24) is 5.32 Å². The summed E-state index contributed by atoms with van der Waals surface area (Å²) in [7, 11) is 0. The molecule has 2 heterocycles. The number of benzene rings is 1. The zero-order valence-electron chi connectivity index (χ0n) is 9.75. The lowest BCUT2D eigenvalue weighted by molar-refractivity contribution is -0.120. The van der Waals surface area contributed by atoms with Gasteiger partial charge >= 0.3 is 0 Å². The lowest BCUT2D eigenvalue weighted by Crippen LogP contribution is -2.32. The minimum atomic E-state index is 0.0823. The first-order valence-corrected chi connectivity index (χ1v) is 7.32. The Balaban J connectivity index is 1.71. The number of carbonyl (C=O) groups excluding carboxylic acids is 1. The van der Waals surface area contributed by atoms with Crippen molar-refractivity contribution in [3.8, 4) is 0 Å². The van der Waals surface area contributed by atoms with Crippen molar-refractivity contribution in [2.75, 3.05) is 5.32 Å². The van der Waals surface area contributed by atoms with E-state index in [0.29, 0.717) is 22.8 Å². The molecule has 2 N–H and O–H groups in total. The maximum atomic E-state index is 12.2. The lowest BCUT2D eigenvalue weighted by Gasteiger charge is -2.19. The molecule has 2 fully saturated rings. The molecule has 1 amide bonds. The molecule has 3 atom stereocenters. The second-order valence-electron chi connectivity index (χ2n) is 5.00. The first-order chi connectivity index (χ1) is 8.63. The van der Waals surface area contributed by atoms with Gasteiger partial charge in [0.05, 0.1) is 16.6 Å². The largest absolute Gasteiger partial charge is 0.324 e. The van der Waals surface area contributed by atoms with Crippen molar-refractivity contribution < 1.29 is 4.79 Å². The molecule has 0 spiro atoms. The summed E-state index contributed by atoms with van der Waals surface area (Å²) in [5.74, 6) is 0.169. The molecule has 5 heteroatoms. The number of hydrogen-bond donors (Lipinski definition) is 2. The maximum Gasteiger partial charge on any atom is 0.229 e. The van der Waals surface area contributed by atoms with Crippen molar-refractivity contribution >= 4 is 39.1 Å². The number of carbonyl (C=O) groups is 1. The molecule has 2 aliphatic rings. The maximum absolute atomic E-state index is 12.2. The van der Waals surface area contributed by atoms with Gasteiger partial charge in [-0.2, -0.15) is 0 Å². The Morgan fingerprint density at radius 3 is 2.89 bits per heavy atom. The van der Waals surface area contributed by atoms with E-state index >= 15 is 0 Å². The molecule has 2 aliphatic heterocycles. The number of halogens is 2. The number of fused-ring (bicyclic) bond motifs is 2. The lowest BCUT2D eigenvalue weighted by atomic mass is 9.88. The number of anilines is 1. The van der Waals surface area contributed by atoms with Gasteiger partial charge in [0.15, 0.2) is 0 Å². The molecular weight excluding hydrogens is 316 g/mol. The van der Waals surface area contributed by atoms with E-state index in [4.69, 9.17) is 11.6 Å². The number of rotatable bonds is 2. The average Bonchev–Trinajstić information content (AvgIpc) is 2.94. The van der Waals surface area contributed by atoms with Crippen LogP contribution >= 0.6 is 27.5 Å². The molecule has 3 nitrogen and oxygen atoms in total. The summed E-state index contributed by atoms with van der Waals surface area (Å²) < 4.78 is 0.909. The van der Waals surface area contributed by atoms with E-state index < -0.39 is 0 Å². The van der Waals surface area contributed by atoms with Crippen LogP contribution in [0.3, 0.4) is 0 Å². The van der Waals surface area contributed by atoms with E-state index in [1.54, 1.807) is 6.07 Å². The molecule has 96 valence electrons. The summed E-state index contributed by atoms with van der Waals surface area (Å²) >= 11 is 9.45. The van der Waals surface area contributed by atoms with Crippen LogP contribution in [0.25, 0.3) is 0 Å². The highest BCUT2D eigenvalue weighted by atomic mass is 79.9. The Labute approximate surface area is 119 Å². The fourth-order valence-electron chi connectivity index (χ4n) is 2.93. The summed E-state index contributed by atoms with van der Waals surface area (Å²) in [6, 6.07) is 6.37. The van der Waals surface area contributed by atoms with Gasteiger partial charge in [0.2, 0.25) is 5.91 Å². The summed E-state index contributed by atoms with van der Waals surface area (Å²) in [4.78, 5) is 12.2. The molecule has 18 heavy (non-hydrogen) atoms. The fourth-order valence-corrected chi connectivity index (χ4v) is 3.65. The quantitative estimate of drug-likeness (QED) is 0.875. The van der Waals surface area contributed by atoms with Crippen LogP contribution in [0.4, 0.5) is 5.69 Å². The average molecular weight is 330 g/mol. The minimum absolute atomic E-state index is 0.0823. The third-order valence-electron chi connectivity index (χ3n) is 3.83. The SMILES string of the molecule is O=C(Nc1ccc(Br)cc1Cl)C1CC2CCC1N2. The van der Waals surface area contributed by atoms with Crippen LogP contribution < -0.4 is 10.6 Å². The van der Waals surface area contributed by atoms with Gasteiger partial charge < -0.3 is 10.6 Å². The van der Waals surface area contributed by atoms with Gasteiger partial charge in [0.25, 0.3) is 0 Å². The number of nitrogens with one attached hydrogen (secondary N) is 2. The zero-order chi connectivity index (χ0) is 12.7. The van der Waals surface area contributed by atoms with Crippen molar-refractivity contribution in [2.45, 2.75) is 31.3 Å². The van der Waals surface area contributed by atoms with Crippen LogP contribution in [0.5, 0.6) is 0 Å². The highest BCUT2D eigenvalue weighted by molar-refractivity contribution is 9.10. The zero-order valence-corrected chi connectivity index (χ0v) is 12.1. The second kappa shape index (κ2) is 4.83. The van der Waals surface area contributed by atoms with E-state index in [2.05, 4.69) is 26.6 Å². The normalized spacial score (nSPS) is 29.6. The Kier molecular flexibility index (Phi) is 3.34. The van der Waals surface area contributed by atoms with E-state index in [-0.39, 0.29) is 11.8 Å². The number of amides is 1. The topological polar surface area (TPSA) is 41.1 Å². The molecule has 3 rings (SSSR count). The van der Waals surface area contributed by atoms with Crippen molar-refractivity contribution in [3.63, 3.8) is 0 Å². The van der Waals surface area contributed by atoms with E-state index in [0.717, 1.165) is 17.3 Å². The van der Waals surface area contributed by atoms with Crippen LogP contribution in [0.2, 0.25) is 5.02 Å². The van der Waals surface area contributed by atoms with Crippen LogP contribution in [-0.4, -0.2) is 18.0 Å². The van der Waals surface area contributed by atoms with Gasteiger partial charge in [0, 0.05) is 16.6 Å². The predicted octanol–water partition coefficient (Wildman–Crippen LogP) is 3.18. The molecule has 2 saturated heterocycles. The molecule has 0 saturated carbocycles. The van der Waals surface area contributed by atoms with Gasteiger partial charge in [-0.25, -0.2) is 0 Å². The molecule has 0 aromatic heterocycles. The van der Waals surface area contributed by atoms with Gasteiger partial charge in [-0.3, -0.25) is 4.79 Å². The highest BCUT2D eigenvalue weighted by Gasteiger charge is 2.42. The summed E-state index contributed by atoms with van der Waals surface area (Å²) in [5, 5.41) is 6.96. The van der Waals surface area contributed by atoms with Crippen LogP contribution in [-0.2, 0) is 4.79 Å². The molecule has 1 aromatic carbocycles. The molecule has 0 aliphatic carbocycles. The van der Waals surface area contributed by atoms with Crippen molar-refractivity contribution in [2.24, 2.45) is 5.92 Å². The Morgan fingerprint density at radius 2 is 2.28 bits per heavy atom. The van der Waals surface area contributed by atoms with Gasteiger partial charge in [-0.1, -0.05) is 27.5 Å². The molecule has 0 radical (unpaired) electrons. The molecular formula is C13H14BrClN2O. The minimum Gasteiger partial charge on any atom is -0.324 e. The summed E-state index contributed by atoms with van der Waals surface area (Å²) in [6.07, 6.45) is 3.26. The van der Waals surface area contributed by atoms with Gasteiger partial charge in [0.1, 0.15) is 0 Å². The first-order valence-electron chi connectivity index (χ1n) is 6.15. The number of hydrogen-bond acceptors (Lipinski definition) is 2. The molecule has 1 aromatic rings. The van der Waals surface area contributed by atoms with Crippen molar-refractivity contribution in [1.29, 1.82) is 0 Å². The van der Waals surface area contributed by atoms with E-state index in [1.807, 2.05) is 12.1 Å². The Hall–Kier alpha value is -0.580. The van der Waals surface area contributed by atoms with E-state index in [9.17, 15) is 4.79 Å². The van der Waals surface area contributed by atoms with E-state index in [1.165, 1.54) is 6.42 Å². The van der Waals surface area contributed by atoms with Gasteiger partial charge in [-0.15, -0.1) is 0 Å². The smallest absolute Gasteiger partial charge is 0.229 e. The monoisotopic (exact) mass is 328 g/mol. The molecule has 2 bridgehead atoms. The van der Waals surface area contributed by atoms with Crippen LogP contribution in [0.15, 0.2) is 22.7 Å². The Morgan fingerprint density at radius 1 is 1.44 bits per heavy atom. The van der Waals surface area contributed by atoms with Crippen LogP contribution in [0, 0.1) is 5.92 Å². The standard InChI is InChI=1S/C13H14BrClN2O/c14-7-1-3-12(10(15)5-7)17-13(18)9-6-8-2-4-11(9)16-8/h1,3,5,8-9,11,16H,2,4,6H2,(H,17,18). The Bertz CT molecular complexity index is 494. The third-order valence-corrected chi connectivity index (χ3v) is 4.63. The molecule has 3 unspecified atom stereocenters. The third kappa shape index (κ3) is 2.29. The first kappa shape index (κ1) is 12.5. The highest BCUT2D eigenvalue weighted by Crippen LogP contribution is 2.34. The summed E-state index contributed by atoms with van der Waals surface area (Å²) in [5.41, 5.74) is 0.688. The second-order valence-corrected chi connectivity index (χ2v) is 6.33. The van der Waals surface area contributed by atoms with Crippen molar-refractivity contribution in [3.05, 3.63) is 27.7 Å². The van der Waals surface area contributed by atoms with Crippen LogP contribution in [0.1, 0.15) is 19.3 Å².